The van der Waals surface area contributed by atoms with Gasteiger partial charge in [-0.1, -0.05) is 66.5 Å². The van der Waals surface area contributed by atoms with Crippen LogP contribution in [0.25, 0.3) is 10.9 Å². The van der Waals surface area contributed by atoms with Gasteiger partial charge in [0.25, 0.3) is 0 Å². The molecule has 220 valence electrons. The summed E-state index contributed by atoms with van der Waals surface area (Å²) in [7, 11) is 0. The lowest BCUT2D eigenvalue weighted by atomic mass is 9.89. The van der Waals surface area contributed by atoms with Crippen LogP contribution in [0.15, 0.2) is 72.9 Å². The lowest BCUT2D eigenvalue weighted by Crippen LogP contribution is -2.52. The molecule has 3 aromatic carbocycles. The molecule has 6 nitrogen and oxygen atoms in total. The molecule has 0 aliphatic carbocycles. The molecule has 1 aliphatic heterocycles. The molecule has 0 radical (unpaired) electrons. The molecule has 4 aromatic rings. The molecule has 9 heteroatoms. The highest BCUT2D eigenvalue weighted by atomic mass is 35.5. The topological polar surface area (TPSA) is 77.2 Å². The number of halogens is 3. The smallest absolute Gasteiger partial charge is 0.238 e. The summed E-state index contributed by atoms with van der Waals surface area (Å²) in [5.41, 5.74) is 6.50. The average Bonchev–Trinajstić information content (AvgIpc) is 3.36. The predicted molar refractivity (Wildman–Crippen MR) is 166 cm³/mol. The Bertz CT molecular complexity index is 1560. The van der Waals surface area contributed by atoms with Crippen molar-refractivity contribution in [2.24, 2.45) is 5.92 Å². The third-order valence-electron chi connectivity index (χ3n) is 8.00. The van der Waals surface area contributed by atoms with E-state index in [4.69, 9.17) is 23.2 Å². The quantitative estimate of drug-likeness (QED) is 0.179. The predicted octanol–water partition coefficient (Wildman–Crippen LogP) is 7.17. The number of carbonyl (C=O) groups is 2. The van der Waals surface area contributed by atoms with Gasteiger partial charge < -0.3 is 10.3 Å². The molecular formula is C33H35Cl2FN4O2. The normalized spacial score (nSPS) is 18.1. The molecule has 2 heterocycles. The molecule has 2 amide bonds. The molecule has 42 heavy (non-hydrogen) atoms. The summed E-state index contributed by atoms with van der Waals surface area (Å²) >= 11 is 12.2. The Morgan fingerprint density at radius 2 is 1.86 bits per heavy atom. The Hall–Kier alpha value is -3.39. The zero-order valence-corrected chi connectivity index (χ0v) is 25.0. The second-order valence-electron chi connectivity index (χ2n) is 11.2. The van der Waals surface area contributed by atoms with Crippen molar-refractivity contribution in [1.29, 1.82) is 0 Å². The van der Waals surface area contributed by atoms with Crippen molar-refractivity contribution in [1.82, 2.24) is 20.7 Å². The molecule has 1 aromatic heterocycles. The number of H-pyrrole nitrogens is 1. The molecule has 1 fully saturated rings. The van der Waals surface area contributed by atoms with Crippen LogP contribution in [0.2, 0.25) is 10.0 Å². The maximum Gasteiger partial charge on any atom is 0.238 e. The number of aromatic amines is 1. The zero-order chi connectivity index (χ0) is 29.6. The van der Waals surface area contributed by atoms with Crippen LogP contribution in [0.3, 0.4) is 0 Å². The van der Waals surface area contributed by atoms with E-state index in [2.05, 4.69) is 22.7 Å². The first-order valence-corrected chi connectivity index (χ1v) is 15.1. The van der Waals surface area contributed by atoms with E-state index in [1.165, 1.54) is 12.1 Å². The Labute approximate surface area is 255 Å². The Morgan fingerprint density at radius 3 is 2.67 bits per heavy atom. The second kappa shape index (κ2) is 13.7. The average molecular weight is 610 g/mol. The van der Waals surface area contributed by atoms with Crippen LogP contribution in [0.5, 0.6) is 0 Å². The van der Waals surface area contributed by atoms with Gasteiger partial charge in [-0.2, -0.15) is 0 Å². The van der Waals surface area contributed by atoms with Crippen LogP contribution in [0.4, 0.5) is 4.39 Å². The Kier molecular flexibility index (Phi) is 9.83. The number of hydrogen-bond donors (Lipinski definition) is 3. The lowest BCUT2D eigenvalue weighted by Gasteiger charge is -2.39. The first-order valence-electron chi connectivity index (χ1n) is 14.3. The molecule has 1 aliphatic rings. The van der Waals surface area contributed by atoms with Crippen molar-refractivity contribution >= 4 is 45.9 Å². The highest BCUT2D eigenvalue weighted by Gasteiger charge is 2.29. The van der Waals surface area contributed by atoms with Crippen LogP contribution in [0.1, 0.15) is 55.3 Å². The van der Waals surface area contributed by atoms with Crippen LogP contribution in [-0.4, -0.2) is 34.4 Å². The molecular weight excluding hydrogens is 574 g/mol. The number of fused-ring (bicyclic) bond motifs is 1. The highest BCUT2D eigenvalue weighted by Crippen LogP contribution is 2.29. The second-order valence-corrected chi connectivity index (χ2v) is 12.0. The number of amides is 2. The number of carbonyl (C=O) groups excluding carboxylic acids is 2. The van der Waals surface area contributed by atoms with E-state index >= 15 is 0 Å². The minimum atomic E-state index is -0.371. The van der Waals surface area contributed by atoms with E-state index in [9.17, 15) is 14.0 Å². The van der Waals surface area contributed by atoms with Gasteiger partial charge in [-0.25, -0.2) is 9.40 Å². The minimum Gasteiger partial charge on any atom is -0.361 e. The third kappa shape index (κ3) is 7.71. The summed E-state index contributed by atoms with van der Waals surface area (Å²) in [6.45, 7) is 2.95. The van der Waals surface area contributed by atoms with Crippen molar-refractivity contribution < 1.29 is 14.0 Å². The number of nitrogens with one attached hydrogen (secondary N) is 3. The number of aromatic nitrogens is 1. The first kappa shape index (κ1) is 30.1. The van der Waals surface area contributed by atoms with E-state index in [0.717, 1.165) is 47.0 Å². The molecule has 1 saturated heterocycles. The fourth-order valence-corrected chi connectivity index (χ4v) is 6.13. The van der Waals surface area contributed by atoms with Crippen molar-refractivity contribution in [3.05, 3.63) is 105 Å². The molecule has 0 unspecified atom stereocenters. The molecule has 0 saturated carbocycles. The van der Waals surface area contributed by atoms with Crippen LogP contribution >= 0.6 is 23.2 Å². The van der Waals surface area contributed by atoms with Gasteiger partial charge in [-0.05, 0) is 78.6 Å². The fraction of sp³-hybridized carbons (Fsp3) is 0.333. The number of benzene rings is 3. The standard InChI is InChI=1S/C33H35Cl2FN4O2/c1-21-13-14-40(39-33(42)17-22-9-11-28(34)29(35)16-22)26(15-21)10-12-30(23-5-4-6-25(36)18-23)38-32(41)19-24-20-37-31-8-3-2-7-27(24)31/h2-9,11,16,18,20-21,26,30,37H,10,12-15,17,19H2,1H3,(H,38,41)(H,39,42)/t21-,26-,30-/m0/s1. The lowest BCUT2D eigenvalue weighted by molar-refractivity contribution is -0.127. The van der Waals surface area contributed by atoms with Gasteiger partial charge >= 0.3 is 0 Å². The van der Waals surface area contributed by atoms with Crippen LogP contribution in [-0.2, 0) is 22.4 Å². The minimum absolute atomic E-state index is 0.0769. The van der Waals surface area contributed by atoms with Crippen LogP contribution in [0, 0.1) is 11.7 Å². The van der Waals surface area contributed by atoms with Gasteiger partial charge in [0.1, 0.15) is 5.82 Å². The van der Waals surface area contributed by atoms with E-state index < -0.39 is 0 Å². The SMILES string of the molecule is C[C@H]1CCN(NC(=O)Cc2ccc(Cl)c(Cl)c2)[C@@H](CC[C@H](NC(=O)Cc2c[nH]c3ccccc23)c2cccc(F)c2)C1. The maximum atomic E-state index is 14.2. The van der Waals surface area contributed by atoms with Gasteiger partial charge in [0.05, 0.1) is 28.9 Å². The molecule has 5 rings (SSSR count). The van der Waals surface area contributed by atoms with E-state index in [0.29, 0.717) is 28.8 Å². The maximum absolute atomic E-state index is 14.2. The number of rotatable bonds is 10. The van der Waals surface area contributed by atoms with Crippen molar-refractivity contribution in [3.8, 4) is 0 Å². The molecule has 3 N–H and O–H groups in total. The first-order chi connectivity index (χ1) is 20.2. The number of hydrogen-bond acceptors (Lipinski definition) is 3. The summed E-state index contributed by atoms with van der Waals surface area (Å²) < 4.78 is 14.2. The zero-order valence-electron chi connectivity index (χ0n) is 23.5. The van der Waals surface area contributed by atoms with Crippen molar-refractivity contribution in [3.63, 3.8) is 0 Å². The van der Waals surface area contributed by atoms with E-state index in [-0.39, 0.29) is 42.6 Å². The van der Waals surface area contributed by atoms with Gasteiger partial charge in [-0.3, -0.25) is 15.0 Å². The third-order valence-corrected chi connectivity index (χ3v) is 8.73. The van der Waals surface area contributed by atoms with E-state index in [1.807, 2.05) is 41.5 Å². The van der Waals surface area contributed by atoms with Crippen molar-refractivity contribution in [2.75, 3.05) is 6.54 Å². The number of para-hydroxylation sites is 1. The summed E-state index contributed by atoms with van der Waals surface area (Å²) in [6.07, 6.45) is 5.46. The molecule has 3 atom stereocenters. The fourth-order valence-electron chi connectivity index (χ4n) is 5.81. The molecule has 0 spiro atoms. The van der Waals surface area contributed by atoms with Crippen molar-refractivity contribution in [2.45, 2.75) is 57.5 Å². The number of piperidine rings is 1. The Morgan fingerprint density at radius 1 is 1.02 bits per heavy atom. The number of nitrogens with zero attached hydrogens (tertiary/aromatic N) is 1. The van der Waals surface area contributed by atoms with Gasteiger partial charge in [0.15, 0.2) is 0 Å². The van der Waals surface area contributed by atoms with Gasteiger partial charge in [0, 0.05) is 29.7 Å². The monoisotopic (exact) mass is 608 g/mol. The van der Waals surface area contributed by atoms with Crippen LogP contribution < -0.4 is 10.7 Å². The summed E-state index contributed by atoms with van der Waals surface area (Å²) in [5, 5.41) is 7.07. The molecule has 0 bridgehead atoms. The van der Waals surface area contributed by atoms with E-state index in [1.54, 1.807) is 24.3 Å². The number of hydrazine groups is 1. The largest absolute Gasteiger partial charge is 0.361 e. The van der Waals surface area contributed by atoms with Gasteiger partial charge in [-0.15, -0.1) is 0 Å². The summed E-state index contributed by atoms with van der Waals surface area (Å²) in [4.78, 5) is 29.4. The highest BCUT2D eigenvalue weighted by molar-refractivity contribution is 6.42. The Balaban J connectivity index is 1.26. The van der Waals surface area contributed by atoms with Gasteiger partial charge in [0.2, 0.25) is 11.8 Å². The summed E-state index contributed by atoms with van der Waals surface area (Å²) in [5.74, 6) is -0.0902. The summed E-state index contributed by atoms with van der Waals surface area (Å²) in [6, 6.07) is 19.2.